The fourth-order valence-corrected chi connectivity index (χ4v) is 4.50. The Bertz CT molecular complexity index is 1190. The van der Waals surface area contributed by atoms with Crippen LogP contribution in [0.5, 0.6) is 5.75 Å². The van der Waals surface area contributed by atoms with Gasteiger partial charge in [-0.2, -0.15) is 4.98 Å². The zero-order valence-electron chi connectivity index (χ0n) is 20.3. The Kier molecular flexibility index (Phi) is 7.64. The van der Waals surface area contributed by atoms with Crippen molar-refractivity contribution in [3.63, 3.8) is 0 Å². The molecule has 3 heterocycles. The number of anilines is 2. The van der Waals surface area contributed by atoms with Gasteiger partial charge >= 0.3 is 0 Å². The summed E-state index contributed by atoms with van der Waals surface area (Å²) in [7, 11) is 1.67. The maximum absolute atomic E-state index is 13.5. The molecule has 34 heavy (non-hydrogen) atoms. The maximum atomic E-state index is 13.5. The van der Waals surface area contributed by atoms with Gasteiger partial charge in [0.05, 0.1) is 19.2 Å². The van der Waals surface area contributed by atoms with Gasteiger partial charge in [0.15, 0.2) is 0 Å². The molecule has 1 unspecified atom stereocenters. The molecule has 0 saturated carbocycles. The fourth-order valence-electron chi connectivity index (χ4n) is 4.50. The first-order valence-electron chi connectivity index (χ1n) is 12.0. The van der Waals surface area contributed by atoms with Crippen LogP contribution in [-0.2, 0) is 13.1 Å². The summed E-state index contributed by atoms with van der Waals surface area (Å²) < 4.78 is 7.37. The van der Waals surface area contributed by atoms with Crippen molar-refractivity contribution in [3.8, 4) is 5.75 Å². The first-order valence-corrected chi connectivity index (χ1v) is 12.0. The second-order valence-corrected chi connectivity index (χ2v) is 8.95. The Morgan fingerprint density at radius 1 is 1.21 bits per heavy atom. The smallest absolute Gasteiger partial charge is 0.264 e. The zero-order valence-corrected chi connectivity index (χ0v) is 20.3. The molecule has 0 amide bonds. The Labute approximate surface area is 200 Å². The molecule has 0 bridgehead atoms. The number of methoxy groups -OCH3 is 1. The van der Waals surface area contributed by atoms with E-state index in [9.17, 15) is 4.79 Å². The number of ether oxygens (including phenoxy) is 1. The highest BCUT2D eigenvalue weighted by molar-refractivity contribution is 5.89. The number of piperazine rings is 1. The molecule has 9 nitrogen and oxygen atoms in total. The van der Waals surface area contributed by atoms with E-state index in [1.165, 1.54) is 5.56 Å². The number of nitrogens with one attached hydrogen (secondary N) is 2. The van der Waals surface area contributed by atoms with Crippen molar-refractivity contribution in [2.75, 3.05) is 44.3 Å². The Hall–Kier alpha value is -3.17. The molecule has 4 N–H and O–H groups in total. The molecule has 1 saturated heterocycles. The topological polar surface area (TPSA) is 110 Å². The van der Waals surface area contributed by atoms with Gasteiger partial charge in [-0.3, -0.25) is 9.69 Å². The van der Waals surface area contributed by atoms with E-state index < -0.39 is 0 Å². The highest BCUT2D eigenvalue weighted by Crippen LogP contribution is 2.24. The normalized spacial score (nSPS) is 15.4. The van der Waals surface area contributed by atoms with Crippen molar-refractivity contribution < 1.29 is 4.74 Å². The van der Waals surface area contributed by atoms with E-state index in [1.807, 2.05) is 6.07 Å². The van der Waals surface area contributed by atoms with Crippen LogP contribution in [0, 0.1) is 0 Å². The van der Waals surface area contributed by atoms with Crippen LogP contribution in [0.25, 0.3) is 10.9 Å². The van der Waals surface area contributed by atoms with Gasteiger partial charge < -0.3 is 25.7 Å². The molecule has 1 aliphatic rings. The third-order valence-corrected chi connectivity index (χ3v) is 6.25. The second kappa shape index (κ2) is 10.8. The van der Waals surface area contributed by atoms with Crippen molar-refractivity contribution in [1.82, 2.24) is 24.8 Å². The van der Waals surface area contributed by atoms with Gasteiger partial charge in [0.1, 0.15) is 17.0 Å². The van der Waals surface area contributed by atoms with Crippen molar-refractivity contribution in [3.05, 3.63) is 51.9 Å². The third kappa shape index (κ3) is 5.48. The summed E-state index contributed by atoms with van der Waals surface area (Å²) in [5.74, 6) is 1.42. The summed E-state index contributed by atoms with van der Waals surface area (Å²) in [6.45, 7) is 9.58. The summed E-state index contributed by atoms with van der Waals surface area (Å²) in [6, 6.07) is 8.23. The molecular formula is C25H35N7O2. The van der Waals surface area contributed by atoms with Crippen LogP contribution in [0.1, 0.15) is 37.8 Å². The van der Waals surface area contributed by atoms with Crippen molar-refractivity contribution >= 4 is 22.7 Å². The largest absolute Gasteiger partial charge is 0.496 e. The number of nitrogens with zero attached hydrogens (tertiary/aromatic N) is 4. The lowest BCUT2D eigenvalue weighted by molar-refractivity contribution is 0.233. The van der Waals surface area contributed by atoms with Gasteiger partial charge in [-0.25, -0.2) is 4.98 Å². The van der Waals surface area contributed by atoms with E-state index in [4.69, 9.17) is 10.5 Å². The first kappa shape index (κ1) is 24.0. The number of nitrogens with two attached hydrogens (primary N) is 1. The quantitative estimate of drug-likeness (QED) is 0.442. The van der Waals surface area contributed by atoms with Crippen LogP contribution in [-0.4, -0.2) is 58.8 Å². The second-order valence-electron chi connectivity index (χ2n) is 8.95. The van der Waals surface area contributed by atoms with Crippen LogP contribution < -0.4 is 26.7 Å². The van der Waals surface area contributed by atoms with Crippen LogP contribution >= 0.6 is 0 Å². The van der Waals surface area contributed by atoms with Crippen molar-refractivity contribution in [1.29, 1.82) is 0 Å². The highest BCUT2D eigenvalue weighted by Gasteiger charge is 2.16. The van der Waals surface area contributed by atoms with E-state index in [0.717, 1.165) is 56.9 Å². The minimum absolute atomic E-state index is 0.151. The van der Waals surface area contributed by atoms with Crippen LogP contribution in [0.3, 0.4) is 0 Å². The first-order chi connectivity index (χ1) is 16.5. The average molecular weight is 466 g/mol. The molecule has 2 aromatic heterocycles. The summed E-state index contributed by atoms with van der Waals surface area (Å²) >= 11 is 0. The van der Waals surface area contributed by atoms with Crippen molar-refractivity contribution in [2.45, 2.75) is 45.8 Å². The number of pyridine rings is 1. The lowest BCUT2D eigenvalue weighted by atomic mass is 10.1. The molecule has 182 valence electrons. The molecule has 1 aliphatic heterocycles. The highest BCUT2D eigenvalue weighted by atomic mass is 16.5. The van der Waals surface area contributed by atoms with Crippen molar-refractivity contribution in [2.24, 2.45) is 0 Å². The fraction of sp³-hybridized carbons (Fsp3) is 0.480. The molecule has 1 aromatic carbocycles. The number of nitrogen functional groups attached to an aromatic ring is 1. The summed E-state index contributed by atoms with van der Waals surface area (Å²) in [4.78, 5) is 24.5. The molecule has 0 radical (unpaired) electrons. The molecule has 3 aromatic rings. The van der Waals surface area contributed by atoms with E-state index >= 15 is 0 Å². The Morgan fingerprint density at radius 3 is 2.74 bits per heavy atom. The average Bonchev–Trinajstić information content (AvgIpc) is 2.82. The van der Waals surface area contributed by atoms with E-state index in [2.05, 4.69) is 57.5 Å². The van der Waals surface area contributed by atoms with Crippen LogP contribution in [0.15, 0.2) is 35.3 Å². The number of benzene rings is 1. The minimum atomic E-state index is -0.157. The van der Waals surface area contributed by atoms with E-state index in [-0.39, 0.29) is 17.5 Å². The van der Waals surface area contributed by atoms with E-state index in [0.29, 0.717) is 23.3 Å². The molecule has 0 spiro atoms. The molecule has 1 atom stereocenters. The number of aromatic nitrogens is 3. The summed E-state index contributed by atoms with van der Waals surface area (Å²) in [6.07, 6.45) is 3.75. The summed E-state index contributed by atoms with van der Waals surface area (Å²) in [5, 5.41) is 7.18. The molecule has 4 rings (SSSR count). The van der Waals surface area contributed by atoms with Crippen LogP contribution in [0.4, 0.5) is 11.8 Å². The van der Waals surface area contributed by atoms with Gasteiger partial charge in [-0.1, -0.05) is 25.5 Å². The third-order valence-electron chi connectivity index (χ3n) is 6.25. The monoisotopic (exact) mass is 465 g/mol. The standard InChI is InChI=1S/C25H35N7O2/c1-4-5-17(2)28-23-22-20(29-25(26)30-23)8-11-32(24(22)33)16-19-7-6-18(14-21(19)34-3)15-31-12-9-27-10-13-31/h6-8,11,14,17,27H,4-5,9-10,12-13,15-16H2,1-3H3,(H3,26,28,29,30). The Morgan fingerprint density at radius 2 is 2.00 bits per heavy atom. The number of fused-ring (bicyclic) bond motifs is 1. The van der Waals surface area contributed by atoms with Gasteiger partial charge in [-0.05, 0) is 31.0 Å². The molecule has 0 aliphatic carbocycles. The van der Waals surface area contributed by atoms with E-state index in [1.54, 1.807) is 17.9 Å². The predicted molar refractivity (Wildman–Crippen MR) is 136 cm³/mol. The van der Waals surface area contributed by atoms with Crippen LogP contribution in [0.2, 0.25) is 0 Å². The molecule has 1 fully saturated rings. The predicted octanol–water partition coefficient (Wildman–Crippen LogP) is 2.44. The lowest BCUT2D eigenvalue weighted by Gasteiger charge is -2.27. The van der Waals surface area contributed by atoms with Gasteiger partial charge in [-0.15, -0.1) is 0 Å². The van der Waals surface area contributed by atoms with Gasteiger partial charge in [0.2, 0.25) is 5.95 Å². The Balaban J connectivity index is 1.63. The maximum Gasteiger partial charge on any atom is 0.264 e. The minimum Gasteiger partial charge on any atom is -0.496 e. The number of hydrogen-bond acceptors (Lipinski definition) is 8. The van der Waals surface area contributed by atoms with Gasteiger partial charge in [0, 0.05) is 50.5 Å². The number of rotatable bonds is 9. The summed E-state index contributed by atoms with van der Waals surface area (Å²) in [5.41, 5.74) is 8.44. The SMILES string of the molecule is CCCC(C)Nc1nc(N)nc2ccn(Cc3ccc(CN4CCNCC4)cc3OC)c(=O)c12. The molecule has 9 heteroatoms. The lowest BCUT2D eigenvalue weighted by Crippen LogP contribution is -2.42. The molecular weight excluding hydrogens is 430 g/mol. The van der Waals surface area contributed by atoms with Gasteiger partial charge in [0.25, 0.3) is 5.56 Å². The zero-order chi connectivity index (χ0) is 24.1. The number of hydrogen-bond donors (Lipinski definition) is 3.